The smallest absolute Gasteiger partial charge is 0.301 e. The van der Waals surface area contributed by atoms with E-state index >= 15 is 4.39 Å². The maximum absolute atomic E-state index is 15.2. The second-order valence-electron chi connectivity index (χ2n) is 18.0. The van der Waals surface area contributed by atoms with Crippen molar-refractivity contribution < 1.29 is 36.3 Å². The number of carbonyl (C=O) groups excluding carboxylic acids is 3. The highest BCUT2D eigenvalue weighted by molar-refractivity contribution is 7.90. The molecule has 0 saturated carbocycles. The van der Waals surface area contributed by atoms with Gasteiger partial charge < -0.3 is 19.4 Å². The van der Waals surface area contributed by atoms with Crippen molar-refractivity contribution in [2.24, 2.45) is 5.92 Å². The fourth-order valence-electron chi connectivity index (χ4n) is 10.0. The van der Waals surface area contributed by atoms with Gasteiger partial charge in [-0.1, -0.05) is 12.1 Å². The van der Waals surface area contributed by atoms with Gasteiger partial charge in [-0.05, 0) is 111 Å². The van der Waals surface area contributed by atoms with Crippen molar-refractivity contribution in [2.45, 2.75) is 69.6 Å². The number of nitrogens with one attached hydrogen (secondary N) is 2. The summed E-state index contributed by atoms with van der Waals surface area (Å²) < 4.78 is 65.0. The van der Waals surface area contributed by atoms with Gasteiger partial charge >= 0.3 is 10.2 Å². The molecule has 4 saturated heterocycles. The molecule has 2 N–H and O–H groups in total. The summed E-state index contributed by atoms with van der Waals surface area (Å²) in [6.45, 7) is 4.53. The number of benzene rings is 3. The molecule has 1 unspecified atom stereocenters. The summed E-state index contributed by atoms with van der Waals surface area (Å²) in [5, 5.41) is 12.4. The standard InChI is InChI=1S/C47H47F2N11O7S/c48-32-13-18-58(26-32)68(65,66)55-40-6-4-38(49)43(37(40)21-50)67-34-2-5-39-36(20-34)46(64)60(27-53-39)33-22-51-47(52-23-33)57-16-9-28(10-17-57)24-56-14-11-29(12-15-56)30-1-3-35-31(19-30)25-59(45(35)63)41-7-8-42(61)54-44(41)62/h1-6,19-20,22-23,27-29,32,41,55H,7-18,24-26H2,(H,54,61,62)/t32-,41?/m1/s1. The summed E-state index contributed by atoms with van der Waals surface area (Å²) >= 11 is 0. The Hall–Kier alpha value is -6.89. The summed E-state index contributed by atoms with van der Waals surface area (Å²) in [5.41, 5.74) is 2.31. The molecule has 2 aromatic heterocycles. The molecule has 0 spiro atoms. The second kappa shape index (κ2) is 18.3. The van der Waals surface area contributed by atoms with Gasteiger partial charge in [0.05, 0.1) is 34.7 Å². The summed E-state index contributed by atoms with van der Waals surface area (Å²) in [6.07, 6.45) is 7.75. The first-order valence-electron chi connectivity index (χ1n) is 22.7. The number of piperidine rings is 3. The van der Waals surface area contributed by atoms with Gasteiger partial charge in [-0.3, -0.25) is 33.8 Å². The maximum atomic E-state index is 15.2. The lowest BCUT2D eigenvalue weighted by Gasteiger charge is -2.38. The van der Waals surface area contributed by atoms with Crippen LogP contribution in [0.4, 0.5) is 20.4 Å². The van der Waals surface area contributed by atoms with E-state index in [2.05, 4.69) is 46.9 Å². The van der Waals surface area contributed by atoms with Crippen molar-refractivity contribution in [3.8, 4) is 23.3 Å². The Balaban J connectivity index is 0.733. The maximum Gasteiger partial charge on any atom is 0.301 e. The van der Waals surface area contributed by atoms with Gasteiger partial charge in [0, 0.05) is 51.3 Å². The van der Waals surface area contributed by atoms with E-state index in [-0.39, 0.29) is 54.6 Å². The van der Waals surface area contributed by atoms with Gasteiger partial charge in [-0.25, -0.2) is 23.7 Å². The van der Waals surface area contributed by atoms with E-state index in [0.717, 1.165) is 80.4 Å². The molecule has 5 aromatic rings. The van der Waals surface area contributed by atoms with E-state index in [1.807, 2.05) is 6.07 Å². The molecule has 68 heavy (non-hydrogen) atoms. The minimum absolute atomic E-state index is 0.0127. The van der Waals surface area contributed by atoms with Crippen molar-refractivity contribution in [3.05, 3.63) is 106 Å². The van der Waals surface area contributed by atoms with Crippen LogP contribution in [0.2, 0.25) is 0 Å². The first-order valence-corrected chi connectivity index (χ1v) is 24.2. The fourth-order valence-corrected chi connectivity index (χ4v) is 11.3. The van der Waals surface area contributed by atoms with Crippen LogP contribution in [-0.2, 0) is 26.3 Å². The average Bonchev–Trinajstić information content (AvgIpc) is 3.93. The number of likely N-dealkylation sites (tertiary alicyclic amines) is 1. The first kappa shape index (κ1) is 44.9. The van der Waals surface area contributed by atoms with E-state index in [0.29, 0.717) is 47.5 Å². The fraction of sp³-hybridized carbons (Fsp3) is 0.404. The zero-order valence-corrected chi connectivity index (χ0v) is 37.6. The van der Waals surface area contributed by atoms with Crippen LogP contribution in [0.5, 0.6) is 11.5 Å². The Morgan fingerprint density at radius 2 is 1.68 bits per heavy atom. The lowest BCUT2D eigenvalue weighted by atomic mass is 9.87. The lowest BCUT2D eigenvalue weighted by molar-refractivity contribution is -0.136. The third-order valence-electron chi connectivity index (χ3n) is 13.8. The van der Waals surface area contributed by atoms with Crippen LogP contribution >= 0.6 is 0 Å². The van der Waals surface area contributed by atoms with Crippen LogP contribution in [0, 0.1) is 23.1 Å². The molecule has 21 heteroatoms. The largest absolute Gasteiger partial charge is 0.453 e. The van der Waals surface area contributed by atoms with Crippen LogP contribution < -0.4 is 25.2 Å². The Labute approximate surface area is 389 Å². The Kier molecular flexibility index (Phi) is 12.1. The average molecular weight is 948 g/mol. The van der Waals surface area contributed by atoms with Crippen molar-refractivity contribution >= 4 is 50.5 Å². The quantitative estimate of drug-likeness (QED) is 0.174. The molecule has 0 radical (unpaired) electrons. The summed E-state index contributed by atoms with van der Waals surface area (Å²) in [6, 6.07) is 13.6. The molecular weight excluding hydrogens is 901 g/mol. The normalized spacial score (nSPS) is 21.0. The molecule has 0 bridgehead atoms. The molecular formula is C47H47F2N11O7S. The second-order valence-corrected chi connectivity index (χ2v) is 19.7. The molecule has 10 rings (SSSR count). The zero-order chi connectivity index (χ0) is 47.3. The van der Waals surface area contributed by atoms with E-state index in [1.165, 1.54) is 34.7 Å². The zero-order valence-electron chi connectivity index (χ0n) is 36.8. The van der Waals surface area contributed by atoms with Crippen LogP contribution in [0.15, 0.2) is 72.0 Å². The van der Waals surface area contributed by atoms with Gasteiger partial charge in [0.25, 0.3) is 11.5 Å². The van der Waals surface area contributed by atoms with Gasteiger partial charge in [0.1, 0.15) is 35.9 Å². The Morgan fingerprint density at radius 3 is 2.40 bits per heavy atom. The van der Waals surface area contributed by atoms with E-state index in [9.17, 15) is 37.2 Å². The molecule has 18 nitrogen and oxygen atoms in total. The van der Waals surface area contributed by atoms with Gasteiger partial charge in [0.15, 0.2) is 11.6 Å². The summed E-state index contributed by atoms with van der Waals surface area (Å²) in [7, 11) is -4.25. The molecule has 5 aliphatic heterocycles. The highest BCUT2D eigenvalue weighted by Crippen LogP contribution is 2.37. The highest BCUT2D eigenvalue weighted by Gasteiger charge is 2.40. The summed E-state index contributed by atoms with van der Waals surface area (Å²) in [4.78, 5) is 71.0. The number of halogens is 2. The predicted octanol–water partition coefficient (Wildman–Crippen LogP) is 4.54. The SMILES string of the molecule is N#Cc1c(NS(=O)(=O)N2CC[C@@H](F)C2)ccc(F)c1Oc1ccc2ncn(-c3cnc(N4CCC(CN5CCC(c6ccc7c(c6)CN(C6CCC(=O)NC6=O)C7=O)CC5)CC4)nc3)c(=O)c2c1. The number of anilines is 2. The van der Waals surface area contributed by atoms with E-state index in [4.69, 9.17) is 4.74 Å². The third-order valence-corrected chi connectivity index (χ3v) is 15.3. The molecule has 2 atom stereocenters. The van der Waals surface area contributed by atoms with Crippen LogP contribution in [0.25, 0.3) is 16.6 Å². The van der Waals surface area contributed by atoms with E-state index < -0.39 is 51.0 Å². The first-order chi connectivity index (χ1) is 32.8. The van der Waals surface area contributed by atoms with Crippen molar-refractivity contribution in [3.63, 3.8) is 0 Å². The number of amides is 3. The van der Waals surface area contributed by atoms with Crippen LogP contribution in [0.3, 0.4) is 0 Å². The predicted molar refractivity (Wildman–Crippen MR) is 244 cm³/mol. The van der Waals surface area contributed by atoms with Crippen molar-refractivity contribution in [1.82, 2.24) is 38.9 Å². The van der Waals surface area contributed by atoms with Crippen LogP contribution in [0.1, 0.15) is 77.9 Å². The molecule has 352 valence electrons. The number of carbonyl (C=O) groups is 3. The summed E-state index contributed by atoms with van der Waals surface area (Å²) in [5.74, 6) is -0.926. The number of nitriles is 1. The molecule has 3 aromatic carbocycles. The Morgan fingerprint density at radius 1 is 0.897 bits per heavy atom. The molecule has 5 aliphatic rings. The number of fused-ring (bicyclic) bond motifs is 2. The number of nitrogens with zero attached hydrogens (tertiary/aromatic N) is 9. The molecule has 7 heterocycles. The number of rotatable bonds is 11. The van der Waals surface area contributed by atoms with Crippen LogP contribution in [-0.4, -0.2) is 118 Å². The van der Waals surface area contributed by atoms with E-state index in [1.54, 1.807) is 23.4 Å². The number of hydrogen-bond donors (Lipinski definition) is 2. The minimum Gasteiger partial charge on any atom is -0.453 e. The van der Waals surface area contributed by atoms with Gasteiger partial charge in [-0.15, -0.1) is 0 Å². The number of ether oxygens (including phenoxy) is 1. The topological polar surface area (TPSA) is 216 Å². The van der Waals surface area contributed by atoms with Gasteiger partial charge in [0.2, 0.25) is 17.8 Å². The third kappa shape index (κ3) is 8.86. The molecule has 3 amide bonds. The number of imide groups is 1. The van der Waals surface area contributed by atoms with Crippen molar-refractivity contribution in [1.29, 1.82) is 5.26 Å². The monoisotopic (exact) mass is 947 g/mol. The van der Waals surface area contributed by atoms with Crippen molar-refractivity contribution in [2.75, 3.05) is 55.4 Å². The number of alkyl halides is 1. The molecule has 0 aliphatic carbocycles. The Bertz CT molecular complexity index is 3040. The minimum atomic E-state index is -4.25. The lowest BCUT2D eigenvalue weighted by Crippen LogP contribution is -2.52. The molecule has 4 fully saturated rings. The number of aromatic nitrogens is 4. The number of hydrogen-bond acceptors (Lipinski definition) is 13. The highest BCUT2D eigenvalue weighted by atomic mass is 32.2. The van der Waals surface area contributed by atoms with Gasteiger partial charge in [-0.2, -0.15) is 18.0 Å².